The second kappa shape index (κ2) is 5.83. The molecule has 122 valence electrons. The number of hydrogen-bond donors (Lipinski definition) is 2. The molecule has 1 aliphatic carbocycles. The fraction of sp³-hybridized carbons (Fsp3) is 0.176. The van der Waals surface area contributed by atoms with E-state index in [1.54, 1.807) is 36.5 Å². The molecule has 24 heavy (non-hydrogen) atoms. The van der Waals surface area contributed by atoms with E-state index in [1.165, 1.54) is 3.97 Å². The molecule has 7 heteroatoms. The van der Waals surface area contributed by atoms with Crippen LogP contribution in [0.15, 0.2) is 42.6 Å². The maximum atomic E-state index is 13.3. The van der Waals surface area contributed by atoms with Crippen molar-refractivity contribution in [2.75, 3.05) is 5.32 Å². The summed E-state index contributed by atoms with van der Waals surface area (Å²) in [4.78, 5) is 16.2. The number of rotatable bonds is 4. The van der Waals surface area contributed by atoms with Crippen LogP contribution < -0.4 is 5.32 Å². The van der Waals surface area contributed by atoms with Crippen LogP contribution in [0, 0.1) is 5.92 Å². The van der Waals surface area contributed by atoms with E-state index in [1.807, 2.05) is 6.07 Å². The lowest BCUT2D eigenvalue weighted by atomic mass is 10.1. The minimum absolute atomic E-state index is 0.0407. The molecule has 0 radical (unpaired) electrons. The highest BCUT2D eigenvalue weighted by Gasteiger charge is 2.29. The number of carbonyl (C=O) groups excluding carboxylic acids is 1. The molecule has 1 saturated carbocycles. The summed E-state index contributed by atoms with van der Waals surface area (Å²) in [7, 11) is 0. The first-order chi connectivity index (χ1) is 11.7. The van der Waals surface area contributed by atoms with Crippen LogP contribution in [0.3, 0.4) is 0 Å². The van der Waals surface area contributed by atoms with Crippen molar-refractivity contribution in [3.63, 3.8) is 0 Å². The second-order valence-electron chi connectivity index (χ2n) is 5.82. The molecule has 1 aliphatic rings. The lowest BCUT2D eigenvalue weighted by molar-refractivity contribution is -0.117. The summed E-state index contributed by atoms with van der Waals surface area (Å²) in [6.07, 6.45) is 3.45. The van der Waals surface area contributed by atoms with Gasteiger partial charge in [0.2, 0.25) is 5.91 Å². The van der Waals surface area contributed by atoms with Gasteiger partial charge in [0, 0.05) is 23.1 Å². The number of carbonyl (C=O) groups is 1. The molecule has 0 unspecified atom stereocenters. The van der Waals surface area contributed by atoms with E-state index in [-0.39, 0.29) is 29.9 Å². The molecule has 1 fully saturated rings. The Morgan fingerprint density at radius 2 is 2.17 bits per heavy atom. The van der Waals surface area contributed by atoms with Gasteiger partial charge in [0.25, 0.3) is 0 Å². The van der Waals surface area contributed by atoms with Gasteiger partial charge < -0.3 is 10.4 Å². The van der Waals surface area contributed by atoms with Gasteiger partial charge in [0.1, 0.15) is 11.6 Å². The number of aromatic nitrogens is 2. The highest BCUT2D eigenvalue weighted by atomic mass is 32.2. The van der Waals surface area contributed by atoms with E-state index in [2.05, 4.69) is 10.3 Å². The summed E-state index contributed by atoms with van der Waals surface area (Å²) in [5.41, 5.74) is 1.96. The van der Waals surface area contributed by atoms with E-state index in [0.717, 1.165) is 29.4 Å². The molecule has 0 atom stereocenters. The first-order valence-electron chi connectivity index (χ1n) is 7.57. The fourth-order valence-electron chi connectivity index (χ4n) is 2.67. The molecule has 2 N–H and O–H groups in total. The Labute approximate surface area is 141 Å². The third kappa shape index (κ3) is 2.71. The van der Waals surface area contributed by atoms with E-state index in [4.69, 9.17) is 0 Å². The molecule has 2 aromatic heterocycles. The minimum Gasteiger partial charge on any atom is -0.508 e. The Morgan fingerprint density at radius 1 is 1.33 bits per heavy atom. The zero-order valence-electron chi connectivity index (χ0n) is 12.6. The fourth-order valence-corrected chi connectivity index (χ4v) is 3.02. The highest BCUT2D eigenvalue weighted by molar-refractivity contribution is 7.92. The van der Waals surface area contributed by atoms with E-state index < -0.39 is 0 Å². The van der Waals surface area contributed by atoms with E-state index in [9.17, 15) is 13.8 Å². The molecule has 1 amide bonds. The van der Waals surface area contributed by atoms with Gasteiger partial charge in [-0.05, 0) is 42.7 Å². The molecule has 3 aromatic rings. The Hall–Kier alpha value is -2.54. The van der Waals surface area contributed by atoms with Crippen molar-refractivity contribution < 1.29 is 13.8 Å². The molecule has 4 rings (SSSR count). The summed E-state index contributed by atoms with van der Waals surface area (Å²) in [6.45, 7) is 0. The number of fused-ring (bicyclic) bond motifs is 1. The average molecular weight is 343 g/mol. The van der Waals surface area contributed by atoms with Gasteiger partial charge in [-0.3, -0.25) is 4.79 Å². The van der Waals surface area contributed by atoms with Crippen LogP contribution in [0.4, 0.5) is 9.70 Å². The Bertz CT molecular complexity index is 937. The van der Waals surface area contributed by atoms with Crippen molar-refractivity contribution in [1.29, 1.82) is 0 Å². The van der Waals surface area contributed by atoms with Crippen LogP contribution in [-0.4, -0.2) is 20.0 Å². The largest absolute Gasteiger partial charge is 0.508 e. The third-order valence-electron chi connectivity index (χ3n) is 4.05. The first kappa shape index (κ1) is 15.0. The molecule has 0 saturated heterocycles. The van der Waals surface area contributed by atoms with Crippen LogP contribution in [0.1, 0.15) is 12.8 Å². The lowest BCUT2D eigenvalue weighted by Crippen LogP contribution is -2.14. The Kier molecular flexibility index (Phi) is 3.65. The number of amides is 1. The predicted octanol–water partition coefficient (Wildman–Crippen LogP) is 4.14. The zero-order valence-corrected chi connectivity index (χ0v) is 13.4. The smallest absolute Gasteiger partial charge is 0.228 e. The number of anilines is 1. The number of aromatic hydroxyl groups is 1. The molecular weight excluding hydrogens is 329 g/mol. The number of nitrogens with one attached hydrogen (secondary N) is 1. The summed E-state index contributed by atoms with van der Waals surface area (Å²) in [5, 5.41) is 13.2. The Morgan fingerprint density at radius 3 is 2.88 bits per heavy atom. The van der Waals surface area contributed by atoms with Crippen LogP contribution in [0.2, 0.25) is 0 Å². The first-order valence-corrected chi connectivity index (χ1v) is 8.24. The number of halogens is 1. The van der Waals surface area contributed by atoms with E-state index >= 15 is 0 Å². The van der Waals surface area contributed by atoms with Gasteiger partial charge >= 0.3 is 0 Å². The third-order valence-corrected chi connectivity index (χ3v) is 4.48. The summed E-state index contributed by atoms with van der Waals surface area (Å²) in [5.74, 6) is 0.589. The maximum absolute atomic E-state index is 13.3. The SMILES string of the molecule is O=C(Nc1ccc2c(-c3cccc(O)c3)cn(SF)c2n1)C1CC1. The molecular formula is C17H14FN3O2S. The number of phenols is 1. The van der Waals surface area contributed by atoms with Gasteiger partial charge in [0.05, 0.1) is 0 Å². The monoisotopic (exact) mass is 343 g/mol. The molecule has 1 aromatic carbocycles. The van der Waals surface area contributed by atoms with Crippen molar-refractivity contribution in [3.05, 3.63) is 42.6 Å². The number of benzene rings is 1. The topological polar surface area (TPSA) is 67.2 Å². The molecule has 5 nitrogen and oxygen atoms in total. The number of phenolic OH excluding ortho intramolecular Hbond substituents is 1. The molecule has 0 spiro atoms. The zero-order chi connectivity index (χ0) is 16.7. The van der Waals surface area contributed by atoms with Crippen molar-refractivity contribution in [2.24, 2.45) is 5.92 Å². The Balaban J connectivity index is 1.78. The normalized spacial score (nSPS) is 14.0. The summed E-state index contributed by atoms with van der Waals surface area (Å²) in [6, 6.07) is 10.3. The minimum atomic E-state index is -0.0407. The van der Waals surface area contributed by atoms with E-state index in [0.29, 0.717) is 11.5 Å². The standard InChI is InChI=1S/C17H14FN3O2S/c18-24-21-9-14(11-2-1-3-12(22)8-11)13-6-7-15(19-16(13)21)20-17(23)10-4-5-10/h1-3,6-10,22H,4-5H2,(H,19,20,23). The van der Waals surface area contributed by atoms with Gasteiger partial charge in [-0.2, -0.15) is 0 Å². The van der Waals surface area contributed by atoms with Crippen LogP contribution in [0.5, 0.6) is 5.75 Å². The van der Waals surface area contributed by atoms with Crippen molar-refractivity contribution in [1.82, 2.24) is 8.96 Å². The summed E-state index contributed by atoms with van der Waals surface area (Å²) < 4.78 is 14.6. The number of nitrogens with zero attached hydrogens (tertiary/aromatic N) is 2. The van der Waals surface area contributed by atoms with Gasteiger partial charge in [0.15, 0.2) is 18.0 Å². The van der Waals surface area contributed by atoms with Gasteiger partial charge in [-0.15, -0.1) is 3.89 Å². The maximum Gasteiger partial charge on any atom is 0.228 e. The lowest BCUT2D eigenvalue weighted by Gasteiger charge is -2.04. The summed E-state index contributed by atoms with van der Waals surface area (Å²) >= 11 is 0.0432. The van der Waals surface area contributed by atoms with Crippen molar-refractivity contribution in [3.8, 4) is 16.9 Å². The molecule has 2 heterocycles. The van der Waals surface area contributed by atoms with Gasteiger partial charge in [-0.25, -0.2) is 8.96 Å². The number of hydrogen-bond acceptors (Lipinski definition) is 4. The quantitative estimate of drug-likeness (QED) is 0.747. The second-order valence-corrected chi connectivity index (χ2v) is 6.35. The van der Waals surface area contributed by atoms with Crippen LogP contribution in [-0.2, 0) is 4.79 Å². The van der Waals surface area contributed by atoms with Crippen LogP contribution >= 0.6 is 12.3 Å². The predicted molar refractivity (Wildman–Crippen MR) is 92.3 cm³/mol. The van der Waals surface area contributed by atoms with Crippen molar-refractivity contribution in [2.45, 2.75) is 12.8 Å². The number of pyridine rings is 1. The highest BCUT2D eigenvalue weighted by Crippen LogP contribution is 2.35. The molecule has 0 aliphatic heterocycles. The van der Waals surface area contributed by atoms with Gasteiger partial charge in [-0.1, -0.05) is 12.1 Å². The average Bonchev–Trinajstić information content (AvgIpc) is 3.36. The van der Waals surface area contributed by atoms with Crippen LogP contribution in [0.25, 0.3) is 22.2 Å². The molecule has 0 bridgehead atoms. The van der Waals surface area contributed by atoms with Crippen molar-refractivity contribution >= 4 is 35.1 Å².